The Morgan fingerprint density at radius 2 is 1.92 bits per heavy atom. The maximum Gasteiger partial charge on any atom is 0.227 e. The molecule has 25 heavy (non-hydrogen) atoms. The molecule has 1 aromatic heterocycles. The summed E-state index contributed by atoms with van der Waals surface area (Å²) in [5, 5.41) is 7.35. The van der Waals surface area contributed by atoms with E-state index in [2.05, 4.69) is 22.4 Å². The van der Waals surface area contributed by atoms with Gasteiger partial charge in [0, 0.05) is 24.1 Å². The van der Waals surface area contributed by atoms with Gasteiger partial charge in [-0.2, -0.15) is 4.98 Å². The molecule has 1 heterocycles. The molecular formula is C19H18ClN3O2. The monoisotopic (exact) mass is 355 g/mol. The Morgan fingerprint density at radius 1 is 1.16 bits per heavy atom. The van der Waals surface area contributed by atoms with E-state index in [0.717, 1.165) is 12.1 Å². The van der Waals surface area contributed by atoms with Gasteiger partial charge in [0.25, 0.3) is 0 Å². The Balaban J connectivity index is 1.56. The lowest BCUT2D eigenvalue weighted by Gasteiger charge is -2.05. The van der Waals surface area contributed by atoms with Crippen LogP contribution in [0, 0.1) is 0 Å². The summed E-state index contributed by atoms with van der Waals surface area (Å²) in [6.07, 6.45) is 1.61. The zero-order valence-corrected chi connectivity index (χ0v) is 14.6. The van der Waals surface area contributed by atoms with E-state index < -0.39 is 0 Å². The molecule has 3 rings (SSSR count). The van der Waals surface area contributed by atoms with Crippen LogP contribution in [-0.4, -0.2) is 16.0 Å². The zero-order chi connectivity index (χ0) is 17.6. The second kappa shape index (κ2) is 7.94. The van der Waals surface area contributed by atoms with Gasteiger partial charge in [-0.05, 0) is 36.2 Å². The number of carbonyl (C=O) groups is 1. The van der Waals surface area contributed by atoms with Crippen LogP contribution in [-0.2, 0) is 17.6 Å². The second-order valence-electron chi connectivity index (χ2n) is 5.59. The summed E-state index contributed by atoms with van der Waals surface area (Å²) in [4.78, 5) is 16.3. The first kappa shape index (κ1) is 17.2. The number of nitrogens with one attached hydrogen (secondary N) is 1. The zero-order valence-electron chi connectivity index (χ0n) is 13.8. The average molecular weight is 356 g/mol. The molecule has 0 saturated carbocycles. The third kappa shape index (κ3) is 4.45. The molecule has 1 N–H and O–H groups in total. The lowest BCUT2D eigenvalue weighted by atomic mass is 10.1. The number of anilines is 1. The summed E-state index contributed by atoms with van der Waals surface area (Å²) < 4.78 is 5.21. The van der Waals surface area contributed by atoms with Gasteiger partial charge in [-0.1, -0.05) is 47.9 Å². The van der Waals surface area contributed by atoms with Crippen LogP contribution in [0.15, 0.2) is 53.1 Å². The minimum absolute atomic E-state index is 0.0956. The maximum atomic E-state index is 12.0. The summed E-state index contributed by atoms with van der Waals surface area (Å²) >= 11 is 6.12. The van der Waals surface area contributed by atoms with E-state index in [0.29, 0.717) is 28.7 Å². The van der Waals surface area contributed by atoms with Crippen molar-refractivity contribution in [1.29, 1.82) is 0 Å². The third-order valence-electron chi connectivity index (χ3n) is 3.79. The highest BCUT2D eigenvalue weighted by Gasteiger charge is 2.12. The standard InChI is InChI=1S/C19H18ClN3O2/c1-2-13-7-9-14(10-8-13)21-17(24)11-12-18-22-19(23-25-18)15-5-3-4-6-16(15)20/h3-10H,2,11-12H2,1H3,(H,21,24). The summed E-state index contributed by atoms with van der Waals surface area (Å²) in [7, 11) is 0. The molecule has 0 saturated heterocycles. The number of aromatic nitrogens is 2. The van der Waals surface area contributed by atoms with E-state index in [4.69, 9.17) is 16.1 Å². The Hall–Kier alpha value is -2.66. The highest BCUT2D eigenvalue weighted by molar-refractivity contribution is 6.33. The molecule has 5 nitrogen and oxygen atoms in total. The fourth-order valence-electron chi connectivity index (χ4n) is 2.38. The van der Waals surface area contributed by atoms with Crippen LogP contribution in [0.25, 0.3) is 11.4 Å². The van der Waals surface area contributed by atoms with Crippen molar-refractivity contribution in [2.45, 2.75) is 26.2 Å². The van der Waals surface area contributed by atoms with E-state index in [1.807, 2.05) is 42.5 Å². The molecule has 3 aromatic rings. The van der Waals surface area contributed by atoms with Gasteiger partial charge in [0.2, 0.25) is 17.6 Å². The minimum atomic E-state index is -0.0956. The SMILES string of the molecule is CCc1ccc(NC(=O)CCc2nc(-c3ccccc3Cl)no2)cc1. The maximum absolute atomic E-state index is 12.0. The van der Waals surface area contributed by atoms with Gasteiger partial charge >= 0.3 is 0 Å². The van der Waals surface area contributed by atoms with E-state index in [1.54, 1.807) is 6.07 Å². The van der Waals surface area contributed by atoms with Gasteiger partial charge in [0.15, 0.2) is 0 Å². The van der Waals surface area contributed by atoms with Crippen LogP contribution in [0.2, 0.25) is 5.02 Å². The van der Waals surface area contributed by atoms with Crippen LogP contribution in [0.1, 0.15) is 24.8 Å². The van der Waals surface area contributed by atoms with Crippen molar-refractivity contribution in [3.8, 4) is 11.4 Å². The number of amides is 1. The topological polar surface area (TPSA) is 68.0 Å². The number of hydrogen-bond donors (Lipinski definition) is 1. The normalized spacial score (nSPS) is 10.6. The Kier molecular flexibility index (Phi) is 5.46. The van der Waals surface area contributed by atoms with Crippen molar-refractivity contribution in [2.75, 3.05) is 5.32 Å². The second-order valence-corrected chi connectivity index (χ2v) is 6.00. The highest BCUT2D eigenvalue weighted by atomic mass is 35.5. The van der Waals surface area contributed by atoms with Crippen molar-refractivity contribution in [1.82, 2.24) is 10.1 Å². The lowest BCUT2D eigenvalue weighted by Crippen LogP contribution is -2.12. The molecule has 0 atom stereocenters. The quantitative estimate of drug-likeness (QED) is 0.705. The molecule has 0 aliphatic carbocycles. The van der Waals surface area contributed by atoms with E-state index in [1.165, 1.54) is 5.56 Å². The number of benzene rings is 2. The first-order valence-electron chi connectivity index (χ1n) is 8.12. The average Bonchev–Trinajstić information content (AvgIpc) is 3.10. The highest BCUT2D eigenvalue weighted by Crippen LogP contribution is 2.25. The predicted molar refractivity (Wildman–Crippen MR) is 97.5 cm³/mol. The van der Waals surface area contributed by atoms with Crippen LogP contribution in [0.4, 0.5) is 5.69 Å². The number of nitrogens with zero attached hydrogens (tertiary/aromatic N) is 2. The van der Waals surface area contributed by atoms with Crippen LogP contribution >= 0.6 is 11.6 Å². The van der Waals surface area contributed by atoms with Crippen molar-refractivity contribution in [3.05, 3.63) is 65.0 Å². The molecular weight excluding hydrogens is 338 g/mol. The molecule has 6 heteroatoms. The number of hydrogen-bond acceptors (Lipinski definition) is 4. The van der Waals surface area contributed by atoms with Crippen LogP contribution in [0.3, 0.4) is 0 Å². The number of halogens is 1. The van der Waals surface area contributed by atoms with Crippen molar-refractivity contribution >= 4 is 23.2 Å². The number of rotatable bonds is 6. The first-order valence-corrected chi connectivity index (χ1v) is 8.50. The fraction of sp³-hybridized carbons (Fsp3) is 0.211. The van der Waals surface area contributed by atoms with Gasteiger partial charge in [0.1, 0.15) is 0 Å². The molecule has 0 unspecified atom stereocenters. The molecule has 0 aliphatic rings. The largest absolute Gasteiger partial charge is 0.339 e. The van der Waals surface area contributed by atoms with Gasteiger partial charge in [-0.15, -0.1) is 0 Å². The van der Waals surface area contributed by atoms with E-state index >= 15 is 0 Å². The number of aryl methyl sites for hydroxylation is 2. The predicted octanol–water partition coefficient (Wildman–Crippen LogP) is 4.52. The Labute approximate surface area is 151 Å². The van der Waals surface area contributed by atoms with E-state index in [9.17, 15) is 4.79 Å². The van der Waals surface area contributed by atoms with Gasteiger partial charge in [-0.25, -0.2) is 0 Å². The Morgan fingerprint density at radius 3 is 2.64 bits per heavy atom. The molecule has 0 bridgehead atoms. The van der Waals surface area contributed by atoms with Crippen molar-refractivity contribution in [3.63, 3.8) is 0 Å². The minimum Gasteiger partial charge on any atom is -0.339 e. The molecule has 0 aliphatic heterocycles. The molecule has 0 fully saturated rings. The van der Waals surface area contributed by atoms with Gasteiger partial charge in [0.05, 0.1) is 5.02 Å². The molecule has 1 amide bonds. The van der Waals surface area contributed by atoms with Gasteiger partial charge in [-0.3, -0.25) is 4.79 Å². The molecule has 128 valence electrons. The summed E-state index contributed by atoms with van der Waals surface area (Å²) in [5.41, 5.74) is 2.72. The van der Waals surface area contributed by atoms with Crippen LogP contribution < -0.4 is 5.32 Å². The van der Waals surface area contributed by atoms with E-state index in [-0.39, 0.29) is 12.3 Å². The summed E-state index contributed by atoms with van der Waals surface area (Å²) in [5.74, 6) is 0.740. The Bertz CT molecular complexity index is 859. The van der Waals surface area contributed by atoms with Crippen molar-refractivity contribution in [2.24, 2.45) is 0 Å². The lowest BCUT2D eigenvalue weighted by molar-refractivity contribution is -0.116. The smallest absolute Gasteiger partial charge is 0.227 e. The fourth-order valence-corrected chi connectivity index (χ4v) is 2.60. The third-order valence-corrected chi connectivity index (χ3v) is 4.12. The molecule has 0 spiro atoms. The number of carbonyl (C=O) groups excluding carboxylic acids is 1. The molecule has 0 radical (unpaired) electrons. The van der Waals surface area contributed by atoms with Crippen molar-refractivity contribution < 1.29 is 9.32 Å². The first-order chi connectivity index (χ1) is 12.2. The summed E-state index contributed by atoms with van der Waals surface area (Å²) in [6, 6.07) is 15.1. The van der Waals surface area contributed by atoms with Gasteiger partial charge < -0.3 is 9.84 Å². The summed E-state index contributed by atoms with van der Waals surface area (Å²) in [6.45, 7) is 2.09. The molecule has 2 aromatic carbocycles. The van der Waals surface area contributed by atoms with Crippen LogP contribution in [0.5, 0.6) is 0 Å².